The van der Waals surface area contributed by atoms with Crippen LogP contribution in [0.25, 0.3) is 0 Å². The fourth-order valence-electron chi connectivity index (χ4n) is 1.61. The third-order valence-corrected chi connectivity index (χ3v) is 2.25. The van der Waals surface area contributed by atoms with Crippen molar-refractivity contribution in [1.29, 1.82) is 5.41 Å². The van der Waals surface area contributed by atoms with Gasteiger partial charge in [0.25, 0.3) is 0 Å². The van der Waals surface area contributed by atoms with Crippen molar-refractivity contribution in [2.45, 2.75) is 6.04 Å². The number of allylic oxidation sites excluding steroid dienone is 2. The molecule has 0 aromatic rings. The molecule has 0 aromatic heterocycles. The van der Waals surface area contributed by atoms with Crippen molar-refractivity contribution in [2.24, 2.45) is 0 Å². The van der Waals surface area contributed by atoms with Crippen LogP contribution >= 0.6 is 0 Å². The minimum absolute atomic E-state index is 0.0908. The number of hydrogen-bond donors (Lipinski definition) is 3. The van der Waals surface area contributed by atoms with E-state index in [0.29, 0.717) is 0 Å². The topological polar surface area (TPSA) is 59.4 Å². The summed E-state index contributed by atoms with van der Waals surface area (Å²) in [4.78, 5) is 0. The lowest BCUT2D eigenvalue weighted by Gasteiger charge is -2.15. The first-order valence-electron chi connectivity index (χ1n) is 4.37. The van der Waals surface area contributed by atoms with Gasteiger partial charge in [-0.2, -0.15) is 0 Å². The largest absolute Gasteiger partial charge is 0.390 e. The molecule has 4 heteroatoms. The SMILES string of the molecule is C=N.CN1NC2C=CC=CC2=C1CO. The van der Waals surface area contributed by atoms with Crippen molar-refractivity contribution in [2.75, 3.05) is 13.7 Å². The second-order valence-corrected chi connectivity index (χ2v) is 2.97. The van der Waals surface area contributed by atoms with E-state index in [9.17, 15) is 0 Å². The standard InChI is InChI=1S/C9H12N2O.CH3N/c1-11-9(6-12)7-4-2-3-5-8(7)10-11;1-2/h2-5,8,10,12H,6H2,1H3;2H,1H2. The molecule has 76 valence electrons. The number of fused-ring (bicyclic) bond motifs is 1. The van der Waals surface area contributed by atoms with E-state index >= 15 is 0 Å². The molecule has 1 heterocycles. The second-order valence-electron chi connectivity index (χ2n) is 2.97. The molecule has 0 amide bonds. The van der Waals surface area contributed by atoms with E-state index < -0.39 is 0 Å². The highest BCUT2D eigenvalue weighted by Crippen LogP contribution is 2.23. The van der Waals surface area contributed by atoms with Crippen LogP contribution in [-0.2, 0) is 0 Å². The maximum atomic E-state index is 9.08. The smallest absolute Gasteiger partial charge is 0.0847 e. The zero-order valence-corrected chi connectivity index (χ0v) is 8.20. The van der Waals surface area contributed by atoms with Gasteiger partial charge in [-0.3, -0.25) is 0 Å². The van der Waals surface area contributed by atoms with E-state index in [-0.39, 0.29) is 12.6 Å². The first-order chi connectivity index (χ1) is 6.83. The Balaban J connectivity index is 0.000000461. The van der Waals surface area contributed by atoms with Crippen LogP contribution in [0.3, 0.4) is 0 Å². The first kappa shape index (κ1) is 10.7. The van der Waals surface area contributed by atoms with Crippen LogP contribution in [-0.4, -0.2) is 36.5 Å². The summed E-state index contributed by atoms with van der Waals surface area (Å²) in [5.41, 5.74) is 5.35. The predicted molar refractivity (Wildman–Crippen MR) is 56.9 cm³/mol. The number of nitrogens with zero attached hydrogens (tertiary/aromatic N) is 1. The zero-order valence-electron chi connectivity index (χ0n) is 8.20. The zero-order chi connectivity index (χ0) is 10.6. The lowest BCUT2D eigenvalue weighted by atomic mass is 10.0. The Labute approximate surface area is 83.7 Å². The molecule has 1 aliphatic heterocycles. The number of nitrogens with one attached hydrogen (secondary N) is 2. The number of hydrazine groups is 1. The van der Waals surface area contributed by atoms with Gasteiger partial charge in [-0.25, -0.2) is 5.43 Å². The molecular formula is C10H15N3O. The van der Waals surface area contributed by atoms with Crippen molar-refractivity contribution >= 4 is 6.72 Å². The van der Waals surface area contributed by atoms with Gasteiger partial charge in [0.15, 0.2) is 0 Å². The molecule has 2 aliphatic rings. The Morgan fingerprint density at radius 3 is 2.93 bits per heavy atom. The molecule has 4 nitrogen and oxygen atoms in total. The third-order valence-electron chi connectivity index (χ3n) is 2.25. The third kappa shape index (κ3) is 1.76. The summed E-state index contributed by atoms with van der Waals surface area (Å²) < 4.78 is 0. The van der Waals surface area contributed by atoms with Crippen molar-refractivity contribution in [3.8, 4) is 0 Å². The molecule has 0 spiro atoms. The van der Waals surface area contributed by atoms with Crippen molar-refractivity contribution in [1.82, 2.24) is 10.4 Å². The Kier molecular flexibility index (Phi) is 3.62. The number of aliphatic hydroxyl groups is 1. The maximum absolute atomic E-state index is 9.08. The minimum atomic E-state index is 0.0908. The summed E-state index contributed by atoms with van der Waals surface area (Å²) >= 11 is 0. The van der Waals surface area contributed by atoms with Gasteiger partial charge in [0.05, 0.1) is 18.3 Å². The number of likely N-dealkylation sites (N-methyl/N-ethyl adjacent to an activating group) is 1. The number of hydrogen-bond acceptors (Lipinski definition) is 4. The van der Waals surface area contributed by atoms with Gasteiger partial charge in [-0.15, -0.1) is 0 Å². The Bertz CT molecular complexity index is 294. The van der Waals surface area contributed by atoms with Crippen LogP contribution < -0.4 is 5.43 Å². The molecule has 3 N–H and O–H groups in total. The van der Waals surface area contributed by atoms with Gasteiger partial charge in [0.2, 0.25) is 0 Å². The molecule has 0 radical (unpaired) electrons. The van der Waals surface area contributed by atoms with Crippen molar-refractivity contribution < 1.29 is 5.11 Å². The van der Waals surface area contributed by atoms with E-state index in [1.807, 2.05) is 30.3 Å². The Morgan fingerprint density at radius 2 is 2.29 bits per heavy atom. The van der Waals surface area contributed by atoms with E-state index in [1.54, 1.807) is 0 Å². The molecule has 0 saturated carbocycles. The molecule has 0 aromatic carbocycles. The van der Waals surface area contributed by atoms with Crippen LogP contribution in [0, 0.1) is 5.41 Å². The fraction of sp³-hybridized carbons (Fsp3) is 0.300. The Morgan fingerprint density at radius 1 is 1.57 bits per heavy atom. The normalized spacial score (nSPS) is 23.3. The van der Waals surface area contributed by atoms with Gasteiger partial charge in [-0.05, 0) is 12.3 Å². The van der Waals surface area contributed by atoms with E-state index in [1.165, 1.54) is 5.57 Å². The molecule has 1 aliphatic carbocycles. The minimum Gasteiger partial charge on any atom is -0.390 e. The average Bonchev–Trinajstić information content (AvgIpc) is 2.56. The van der Waals surface area contributed by atoms with Crippen LogP contribution in [0.1, 0.15) is 0 Å². The van der Waals surface area contributed by atoms with Crippen molar-refractivity contribution in [3.63, 3.8) is 0 Å². The summed E-state index contributed by atoms with van der Waals surface area (Å²) in [6.07, 6.45) is 8.11. The monoisotopic (exact) mass is 193 g/mol. The Hall–Kier alpha value is -1.39. The summed E-state index contributed by atoms with van der Waals surface area (Å²) in [5.74, 6) is 0. The summed E-state index contributed by atoms with van der Waals surface area (Å²) in [5, 5.41) is 16.5. The summed E-state index contributed by atoms with van der Waals surface area (Å²) in [6.45, 7) is 2.59. The molecule has 2 rings (SSSR count). The average molecular weight is 193 g/mol. The quantitative estimate of drug-likeness (QED) is 0.530. The summed E-state index contributed by atoms with van der Waals surface area (Å²) in [6, 6.07) is 0.252. The molecule has 14 heavy (non-hydrogen) atoms. The van der Waals surface area contributed by atoms with Gasteiger partial charge >= 0.3 is 0 Å². The van der Waals surface area contributed by atoms with Crippen LogP contribution in [0.2, 0.25) is 0 Å². The van der Waals surface area contributed by atoms with Gasteiger partial charge in [-0.1, -0.05) is 24.3 Å². The molecule has 0 saturated heterocycles. The van der Waals surface area contributed by atoms with E-state index in [2.05, 4.69) is 18.2 Å². The van der Waals surface area contributed by atoms with Crippen LogP contribution in [0.5, 0.6) is 0 Å². The van der Waals surface area contributed by atoms with Gasteiger partial charge < -0.3 is 15.5 Å². The van der Waals surface area contributed by atoms with Crippen LogP contribution in [0.4, 0.5) is 0 Å². The summed E-state index contributed by atoms with van der Waals surface area (Å²) in [7, 11) is 1.92. The van der Waals surface area contributed by atoms with Gasteiger partial charge in [0, 0.05) is 7.05 Å². The van der Waals surface area contributed by atoms with E-state index in [4.69, 9.17) is 10.5 Å². The van der Waals surface area contributed by atoms with Gasteiger partial charge in [0.1, 0.15) is 0 Å². The predicted octanol–water partition coefficient (Wildman–Crippen LogP) is 0.443. The molecule has 0 bridgehead atoms. The van der Waals surface area contributed by atoms with E-state index in [0.717, 1.165) is 5.70 Å². The first-order valence-corrected chi connectivity index (χ1v) is 4.37. The highest BCUT2D eigenvalue weighted by atomic mass is 16.3. The lowest BCUT2D eigenvalue weighted by molar-refractivity contribution is 0.248. The number of aliphatic hydroxyl groups excluding tert-OH is 1. The highest BCUT2D eigenvalue weighted by Gasteiger charge is 2.25. The lowest BCUT2D eigenvalue weighted by Crippen LogP contribution is -2.34. The highest BCUT2D eigenvalue weighted by molar-refractivity contribution is 5.42. The molecule has 0 fully saturated rings. The number of rotatable bonds is 1. The maximum Gasteiger partial charge on any atom is 0.0847 e. The second kappa shape index (κ2) is 4.74. The van der Waals surface area contributed by atoms with Crippen LogP contribution in [0.15, 0.2) is 35.6 Å². The fourth-order valence-corrected chi connectivity index (χ4v) is 1.61. The molecular weight excluding hydrogens is 178 g/mol. The molecule has 1 unspecified atom stereocenters. The molecule has 1 atom stereocenters. The van der Waals surface area contributed by atoms with Crippen molar-refractivity contribution in [3.05, 3.63) is 35.6 Å².